The third kappa shape index (κ3) is 7.35. The van der Waals surface area contributed by atoms with E-state index in [0.29, 0.717) is 11.5 Å². The number of rotatable bonds is 7. The second-order valence-corrected chi connectivity index (χ2v) is 16.8. The zero-order valence-corrected chi connectivity index (χ0v) is 35.1. The van der Waals surface area contributed by atoms with Gasteiger partial charge in [0.15, 0.2) is 0 Å². The SMILES string of the molecule is CC(C)(C)c1cccc(N2C=CN(c3[c-]c(Oc4[c-]c5c(cc4)c4c(C(C)(C)c6ccccc6)cccc4n5-c4cc(C(C)(C)C)ccn4)ccc3)[CH-]2)c1.[Pt]. The van der Waals surface area contributed by atoms with E-state index in [1.807, 2.05) is 36.7 Å². The van der Waals surface area contributed by atoms with Gasteiger partial charge in [-0.1, -0.05) is 116 Å². The largest absolute Gasteiger partial charge is 0.509 e. The minimum absolute atomic E-state index is 0. The summed E-state index contributed by atoms with van der Waals surface area (Å²) in [7, 11) is 0. The van der Waals surface area contributed by atoms with Crippen molar-refractivity contribution in [2.24, 2.45) is 0 Å². The van der Waals surface area contributed by atoms with Gasteiger partial charge in [-0.3, -0.25) is 0 Å². The number of hydrogen-bond acceptors (Lipinski definition) is 4. The van der Waals surface area contributed by atoms with Crippen LogP contribution in [-0.4, -0.2) is 9.55 Å². The Balaban J connectivity index is 0.00000465. The van der Waals surface area contributed by atoms with Crippen molar-refractivity contribution >= 4 is 33.2 Å². The molecule has 0 aliphatic carbocycles. The molecule has 0 spiro atoms. The van der Waals surface area contributed by atoms with Gasteiger partial charge in [0.25, 0.3) is 0 Å². The van der Waals surface area contributed by atoms with E-state index in [4.69, 9.17) is 9.72 Å². The summed E-state index contributed by atoms with van der Waals surface area (Å²) in [5, 5.41) is 2.29. The predicted octanol–water partition coefficient (Wildman–Crippen LogP) is 12.4. The summed E-state index contributed by atoms with van der Waals surface area (Å²) in [6.07, 6.45) is 6.03. The molecule has 0 bridgehead atoms. The molecule has 0 atom stereocenters. The van der Waals surface area contributed by atoms with Gasteiger partial charge in [-0.05, 0) is 81.2 Å². The maximum Gasteiger partial charge on any atom is 0.135 e. The molecule has 0 unspecified atom stereocenters. The number of hydrogen-bond donors (Lipinski definition) is 0. The topological polar surface area (TPSA) is 33.5 Å². The van der Waals surface area contributed by atoms with Crippen LogP contribution in [0.15, 0.2) is 134 Å². The van der Waals surface area contributed by atoms with Gasteiger partial charge in [-0.2, -0.15) is 12.1 Å². The van der Waals surface area contributed by atoms with Gasteiger partial charge < -0.3 is 19.1 Å². The number of ether oxygens (including phenoxy) is 1. The molecule has 0 saturated carbocycles. The van der Waals surface area contributed by atoms with Gasteiger partial charge in [0.1, 0.15) is 5.82 Å². The molecule has 2 aromatic heterocycles. The van der Waals surface area contributed by atoms with Crippen molar-refractivity contribution in [3.8, 4) is 17.3 Å². The second kappa shape index (κ2) is 14.5. The average Bonchev–Trinajstić information content (AvgIpc) is 3.78. The number of pyridine rings is 1. The maximum absolute atomic E-state index is 6.56. The van der Waals surface area contributed by atoms with Gasteiger partial charge >= 0.3 is 0 Å². The summed E-state index contributed by atoms with van der Waals surface area (Å²) in [6.45, 7) is 20.1. The van der Waals surface area contributed by atoms with Crippen molar-refractivity contribution < 1.29 is 25.8 Å². The Morgan fingerprint density at radius 3 is 2.05 bits per heavy atom. The van der Waals surface area contributed by atoms with Crippen molar-refractivity contribution in [3.05, 3.63) is 175 Å². The predicted molar refractivity (Wildman–Crippen MR) is 224 cm³/mol. The molecule has 0 fully saturated rings. The van der Waals surface area contributed by atoms with E-state index >= 15 is 0 Å². The molecule has 55 heavy (non-hydrogen) atoms. The number of anilines is 2. The van der Waals surface area contributed by atoms with E-state index in [9.17, 15) is 0 Å². The van der Waals surface area contributed by atoms with E-state index in [-0.39, 0.29) is 37.3 Å². The van der Waals surface area contributed by atoms with Gasteiger partial charge in [-0.15, -0.1) is 48.1 Å². The molecule has 7 aromatic rings. The van der Waals surface area contributed by atoms with E-state index in [0.717, 1.165) is 33.6 Å². The summed E-state index contributed by atoms with van der Waals surface area (Å²) in [6, 6.07) is 47.7. The maximum atomic E-state index is 6.56. The zero-order chi connectivity index (χ0) is 37.8. The summed E-state index contributed by atoms with van der Waals surface area (Å²) in [4.78, 5) is 9.13. The van der Waals surface area contributed by atoms with Crippen LogP contribution in [0.4, 0.5) is 11.4 Å². The molecule has 6 heteroatoms. The molecular weight excluding hydrogens is 856 g/mol. The molecule has 0 radical (unpaired) electrons. The first-order chi connectivity index (χ1) is 25.8. The zero-order valence-electron chi connectivity index (χ0n) is 32.8. The first kappa shape index (κ1) is 38.2. The van der Waals surface area contributed by atoms with Gasteiger partial charge in [0.05, 0.1) is 0 Å². The third-order valence-corrected chi connectivity index (χ3v) is 10.6. The Labute approximate surface area is 340 Å². The van der Waals surface area contributed by atoms with E-state index in [1.165, 1.54) is 27.6 Å². The van der Waals surface area contributed by atoms with Crippen molar-refractivity contribution in [1.29, 1.82) is 0 Å². The molecule has 0 saturated heterocycles. The van der Waals surface area contributed by atoms with Crippen LogP contribution in [0.1, 0.15) is 77.6 Å². The van der Waals surface area contributed by atoms with E-state index < -0.39 is 0 Å². The Hall–Kier alpha value is -5.12. The minimum atomic E-state index is -0.253. The van der Waals surface area contributed by atoms with Gasteiger partial charge in [-0.25, -0.2) is 4.98 Å². The Bertz CT molecular complexity index is 2520. The van der Waals surface area contributed by atoms with Gasteiger partial charge in [0.2, 0.25) is 0 Å². The monoisotopic (exact) mass is 902 g/mol. The fourth-order valence-corrected chi connectivity index (χ4v) is 7.36. The smallest absolute Gasteiger partial charge is 0.135 e. The minimum Gasteiger partial charge on any atom is -0.509 e. The Morgan fingerprint density at radius 2 is 1.29 bits per heavy atom. The normalized spacial score (nSPS) is 13.5. The van der Waals surface area contributed by atoms with Gasteiger partial charge in [0, 0.05) is 55.4 Å². The Kier molecular flexibility index (Phi) is 10.1. The number of benzene rings is 5. The van der Waals surface area contributed by atoms with Crippen LogP contribution in [0, 0.1) is 18.8 Å². The summed E-state index contributed by atoms with van der Waals surface area (Å²) in [5.74, 6) is 2.07. The molecule has 8 rings (SSSR count). The Morgan fingerprint density at radius 1 is 0.618 bits per heavy atom. The molecule has 1 aliphatic rings. The first-order valence-corrected chi connectivity index (χ1v) is 18.7. The van der Waals surface area contributed by atoms with E-state index in [2.05, 4.69) is 186 Å². The second-order valence-electron chi connectivity index (χ2n) is 16.8. The molecular formula is C49H47N4OPt-3. The number of fused-ring (bicyclic) bond motifs is 3. The van der Waals surface area contributed by atoms with E-state index in [1.54, 1.807) is 0 Å². The van der Waals surface area contributed by atoms with Crippen LogP contribution in [0.3, 0.4) is 0 Å². The van der Waals surface area contributed by atoms with Crippen LogP contribution < -0.4 is 14.5 Å². The standard InChI is InChI=1S/C49H47N4O.Pt/c1-47(2,3)35-17-12-18-37(29-35)51-27-28-52(33-51)38-19-13-20-39(31-38)54-40-23-24-41-44(32-40)53(45-30-36(25-26-50-45)48(4,5)6)43-22-14-21-42(46(41)43)49(7,8)34-15-10-9-11-16-34;/h9-30,33H,1-8H3;/q-3;. The molecule has 5 aromatic carbocycles. The van der Waals surface area contributed by atoms with Crippen LogP contribution in [0.2, 0.25) is 0 Å². The summed E-state index contributed by atoms with van der Waals surface area (Å²) < 4.78 is 8.80. The quantitative estimate of drug-likeness (QED) is 0.149. The fraction of sp³-hybridized carbons (Fsp3) is 0.224. The van der Waals surface area contributed by atoms with Crippen molar-refractivity contribution in [2.75, 3.05) is 9.80 Å². The molecule has 0 N–H and O–H groups in total. The summed E-state index contributed by atoms with van der Waals surface area (Å²) in [5.41, 5.74) is 8.80. The van der Waals surface area contributed by atoms with Crippen LogP contribution in [0.5, 0.6) is 11.5 Å². The van der Waals surface area contributed by atoms with Crippen molar-refractivity contribution in [3.63, 3.8) is 0 Å². The van der Waals surface area contributed by atoms with Crippen molar-refractivity contribution in [2.45, 2.75) is 71.6 Å². The fourth-order valence-electron chi connectivity index (χ4n) is 7.36. The number of nitrogens with zero attached hydrogens (tertiary/aromatic N) is 4. The van der Waals surface area contributed by atoms with Crippen LogP contribution in [-0.2, 0) is 37.3 Å². The molecule has 0 amide bonds. The van der Waals surface area contributed by atoms with Crippen LogP contribution in [0.25, 0.3) is 27.6 Å². The molecule has 3 heterocycles. The molecule has 5 nitrogen and oxygen atoms in total. The number of aromatic nitrogens is 2. The molecule has 1 aliphatic heterocycles. The first-order valence-electron chi connectivity index (χ1n) is 18.7. The average molecular weight is 903 g/mol. The third-order valence-electron chi connectivity index (χ3n) is 10.6. The van der Waals surface area contributed by atoms with Crippen molar-refractivity contribution in [1.82, 2.24) is 9.55 Å². The summed E-state index contributed by atoms with van der Waals surface area (Å²) >= 11 is 0. The van der Waals surface area contributed by atoms with Crippen LogP contribution >= 0.6 is 0 Å². The molecule has 282 valence electrons.